The van der Waals surface area contributed by atoms with Gasteiger partial charge in [0.2, 0.25) is 0 Å². The third kappa shape index (κ3) is 3.38. The van der Waals surface area contributed by atoms with Crippen molar-refractivity contribution in [3.8, 4) is 0 Å². The van der Waals surface area contributed by atoms with E-state index in [-0.39, 0.29) is 0 Å². The van der Waals surface area contributed by atoms with E-state index in [2.05, 4.69) is 29.1 Å². The third-order valence-electron chi connectivity index (χ3n) is 4.06. The lowest BCUT2D eigenvalue weighted by Gasteiger charge is -2.24. The van der Waals surface area contributed by atoms with Gasteiger partial charge >= 0.3 is 5.97 Å². The van der Waals surface area contributed by atoms with Crippen LogP contribution in [0.2, 0.25) is 0 Å². The van der Waals surface area contributed by atoms with E-state index in [4.69, 9.17) is 0 Å². The molecule has 2 heterocycles. The number of carboxylic acid groups (broad SMARTS) is 1. The Kier molecular flexibility index (Phi) is 5.16. The first-order valence-electron chi connectivity index (χ1n) is 7.48. The molecule has 1 atom stereocenters. The molecule has 0 spiro atoms. The number of aliphatic carboxylic acids is 1. The van der Waals surface area contributed by atoms with Crippen LogP contribution in [0.4, 0.5) is 0 Å². The second kappa shape index (κ2) is 6.68. The number of rotatable bonds is 7. The summed E-state index contributed by atoms with van der Waals surface area (Å²) in [7, 11) is 0. The summed E-state index contributed by atoms with van der Waals surface area (Å²) in [6.45, 7) is 6.54. The fourth-order valence-electron chi connectivity index (χ4n) is 3.04. The van der Waals surface area contributed by atoms with Gasteiger partial charge in [-0.15, -0.1) is 11.3 Å². The Balaban J connectivity index is 1.96. The van der Waals surface area contributed by atoms with Gasteiger partial charge in [0, 0.05) is 18.5 Å². The average Bonchev–Trinajstić information content (AvgIpc) is 2.99. The molecule has 1 aromatic rings. The number of likely N-dealkylation sites (tertiary alicyclic amines) is 1. The van der Waals surface area contributed by atoms with Crippen LogP contribution in [0.15, 0.2) is 5.38 Å². The fraction of sp³-hybridized carbons (Fsp3) is 0.733. The number of nitrogens with zero attached hydrogens (tertiary/aromatic N) is 2. The van der Waals surface area contributed by atoms with Crippen molar-refractivity contribution in [1.29, 1.82) is 0 Å². The first-order chi connectivity index (χ1) is 9.59. The molecule has 4 nitrogen and oxygen atoms in total. The molecule has 1 aliphatic rings. The van der Waals surface area contributed by atoms with Gasteiger partial charge in [0.05, 0.1) is 16.1 Å². The molecule has 112 valence electrons. The summed E-state index contributed by atoms with van der Waals surface area (Å²) in [6, 6.07) is 0. The van der Waals surface area contributed by atoms with Gasteiger partial charge in [-0.3, -0.25) is 9.69 Å². The normalized spacial score (nSPS) is 23.3. The topological polar surface area (TPSA) is 53.4 Å². The minimum absolute atomic E-state index is 0.531. The quantitative estimate of drug-likeness (QED) is 0.839. The van der Waals surface area contributed by atoms with Gasteiger partial charge in [0.15, 0.2) is 0 Å². The molecule has 0 bridgehead atoms. The lowest BCUT2D eigenvalue weighted by atomic mass is 9.83. The van der Waals surface area contributed by atoms with Crippen LogP contribution in [-0.2, 0) is 17.8 Å². The monoisotopic (exact) mass is 296 g/mol. The van der Waals surface area contributed by atoms with Crippen molar-refractivity contribution in [3.05, 3.63) is 16.1 Å². The van der Waals surface area contributed by atoms with Gasteiger partial charge in [0.25, 0.3) is 0 Å². The van der Waals surface area contributed by atoms with Crippen LogP contribution in [0, 0.1) is 5.41 Å². The molecule has 0 amide bonds. The SMILES string of the molecule is CCCc1nc(CN2CCC(CCC)(C(=O)O)C2)cs1. The van der Waals surface area contributed by atoms with E-state index in [9.17, 15) is 9.90 Å². The Morgan fingerprint density at radius 2 is 2.30 bits per heavy atom. The van der Waals surface area contributed by atoms with Crippen molar-refractivity contribution in [1.82, 2.24) is 9.88 Å². The summed E-state index contributed by atoms with van der Waals surface area (Å²) in [5.74, 6) is -0.633. The van der Waals surface area contributed by atoms with Crippen LogP contribution in [0.5, 0.6) is 0 Å². The molecule has 1 aromatic heterocycles. The van der Waals surface area contributed by atoms with Crippen LogP contribution in [-0.4, -0.2) is 34.0 Å². The van der Waals surface area contributed by atoms with Crippen LogP contribution in [0.3, 0.4) is 0 Å². The molecule has 0 aromatic carbocycles. The lowest BCUT2D eigenvalue weighted by molar-refractivity contribution is -0.148. The number of aromatic nitrogens is 1. The van der Waals surface area contributed by atoms with Gasteiger partial charge in [-0.25, -0.2) is 4.98 Å². The number of thiazole rings is 1. The van der Waals surface area contributed by atoms with Crippen LogP contribution in [0.25, 0.3) is 0 Å². The molecule has 5 heteroatoms. The lowest BCUT2D eigenvalue weighted by Crippen LogP contribution is -2.34. The van der Waals surface area contributed by atoms with E-state index in [1.54, 1.807) is 11.3 Å². The van der Waals surface area contributed by atoms with E-state index < -0.39 is 11.4 Å². The van der Waals surface area contributed by atoms with Crippen LogP contribution < -0.4 is 0 Å². The molecule has 1 unspecified atom stereocenters. The van der Waals surface area contributed by atoms with E-state index in [1.807, 2.05) is 0 Å². The Bertz CT molecular complexity index is 460. The predicted molar refractivity (Wildman–Crippen MR) is 81.0 cm³/mol. The van der Waals surface area contributed by atoms with Crippen molar-refractivity contribution in [2.45, 2.75) is 52.5 Å². The molecule has 1 fully saturated rings. The highest BCUT2D eigenvalue weighted by Crippen LogP contribution is 2.36. The van der Waals surface area contributed by atoms with Gasteiger partial charge in [0.1, 0.15) is 0 Å². The highest BCUT2D eigenvalue weighted by Gasteiger charge is 2.43. The minimum Gasteiger partial charge on any atom is -0.481 e. The summed E-state index contributed by atoms with van der Waals surface area (Å²) in [5, 5.41) is 12.8. The second-order valence-corrected chi connectivity index (χ2v) is 6.72. The van der Waals surface area contributed by atoms with E-state index >= 15 is 0 Å². The molecule has 1 aliphatic heterocycles. The molecule has 0 saturated carbocycles. The maximum Gasteiger partial charge on any atom is 0.310 e. The first kappa shape index (κ1) is 15.4. The Hall–Kier alpha value is -0.940. The van der Waals surface area contributed by atoms with E-state index in [0.717, 1.165) is 50.9 Å². The van der Waals surface area contributed by atoms with Crippen molar-refractivity contribution < 1.29 is 9.90 Å². The number of hydrogen-bond donors (Lipinski definition) is 1. The zero-order valence-corrected chi connectivity index (χ0v) is 13.2. The zero-order valence-electron chi connectivity index (χ0n) is 12.4. The summed E-state index contributed by atoms with van der Waals surface area (Å²) in [6.07, 6.45) is 4.63. The maximum absolute atomic E-state index is 11.6. The first-order valence-corrected chi connectivity index (χ1v) is 8.36. The largest absolute Gasteiger partial charge is 0.481 e. The van der Waals surface area contributed by atoms with Gasteiger partial charge < -0.3 is 5.11 Å². The predicted octanol–water partition coefficient (Wildman–Crippen LogP) is 3.17. The Morgan fingerprint density at radius 3 is 2.95 bits per heavy atom. The highest BCUT2D eigenvalue weighted by molar-refractivity contribution is 7.09. The van der Waals surface area contributed by atoms with Gasteiger partial charge in [-0.05, 0) is 32.2 Å². The zero-order chi connectivity index (χ0) is 14.6. The molecular weight excluding hydrogens is 272 g/mol. The average molecular weight is 296 g/mol. The summed E-state index contributed by atoms with van der Waals surface area (Å²) >= 11 is 1.72. The number of hydrogen-bond acceptors (Lipinski definition) is 4. The number of carboxylic acids is 1. The van der Waals surface area contributed by atoms with Gasteiger partial charge in [-0.2, -0.15) is 0 Å². The van der Waals surface area contributed by atoms with Gasteiger partial charge in [-0.1, -0.05) is 20.3 Å². The number of aryl methyl sites for hydroxylation is 1. The van der Waals surface area contributed by atoms with Crippen LogP contribution >= 0.6 is 11.3 Å². The Morgan fingerprint density at radius 1 is 1.50 bits per heavy atom. The standard InChI is InChI=1S/C15H24N2O2S/c1-3-5-13-16-12(10-20-13)9-17-8-7-15(11-17,6-4-2)14(18)19/h10H,3-9,11H2,1-2H3,(H,18,19). The summed E-state index contributed by atoms with van der Waals surface area (Å²) in [5.41, 5.74) is 0.563. The molecule has 2 rings (SSSR count). The number of carbonyl (C=O) groups is 1. The van der Waals surface area contributed by atoms with Crippen molar-refractivity contribution >= 4 is 17.3 Å². The summed E-state index contributed by atoms with van der Waals surface area (Å²) < 4.78 is 0. The minimum atomic E-state index is -0.633. The van der Waals surface area contributed by atoms with Crippen LogP contribution in [0.1, 0.15) is 50.2 Å². The molecule has 0 radical (unpaired) electrons. The second-order valence-electron chi connectivity index (χ2n) is 5.78. The molecule has 1 saturated heterocycles. The molecule has 0 aliphatic carbocycles. The third-order valence-corrected chi connectivity index (χ3v) is 5.02. The summed E-state index contributed by atoms with van der Waals surface area (Å²) in [4.78, 5) is 18.4. The van der Waals surface area contributed by atoms with E-state index in [0.29, 0.717) is 6.54 Å². The molecule has 20 heavy (non-hydrogen) atoms. The highest BCUT2D eigenvalue weighted by atomic mass is 32.1. The van der Waals surface area contributed by atoms with Crippen molar-refractivity contribution in [3.63, 3.8) is 0 Å². The van der Waals surface area contributed by atoms with Crippen molar-refractivity contribution in [2.75, 3.05) is 13.1 Å². The van der Waals surface area contributed by atoms with E-state index in [1.165, 1.54) is 5.01 Å². The molecular formula is C15H24N2O2S. The Labute approximate surface area is 124 Å². The van der Waals surface area contributed by atoms with Crippen molar-refractivity contribution in [2.24, 2.45) is 5.41 Å². The maximum atomic E-state index is 11.6. The molecule has 1 N–H and O–H groups in total. The fourth-order valence-corrected chi connectivity index (χ4v) is 3.93. The smallest absolute Gasteiger partial charge is 0.310 e.